The van der Waals surface area contributed by atoms with Crippen LogP contribution in [0.1, 0.15) is 47.2 Å². The van der Waals surface area contributed by atoms with Gasteiger partial charge < -0.3 is 9.88 Å². The van der Waals surface area contributed by atoms with Crippen LogP contribution in [0, 0.1) is 6.92 Å². The quantitative estimate of drug-likeness (QED) is 0.688. The lowest BCUT2D eigenvalue weighted by atomic mass is 10.1. The monoisotopic (exact) mass is 356 g/mol. The highest BCUT2D eigenvalue weighted by atomic mass is 32.1. The van der Waals surface area contributed by atoms with Crippen LogP contribution in [0.15, 0.2) is 30.5 Å². The number of fused-ring (bicyclic) bond motifs is 1. The number of hydrogen-bond acceptors (Lipinski definition) is 5. The van der Waals surface area contributed by atoms with Gasteiger partial charge in [-0.25, -0.2) is 0 Å². The molecule has 0 aliphatic rings. The molecule has 2 aromatic heterocycles. The average Bonchev–Trinajstić information content (AvgIpc) is 3.18. The molecule has 3 rings (SSSR count). The smallest absolute Gasteiger partial charge is 0.243 e. The Morgan fingerprint density at radius 3 is 2.72 bits per heavy atom. The lowest BCUT2D eigenvalue weighted by Gasteiger charge is -2.18. The molecule has 0 aliphatic heterocycles. The van der Waals surface area contributed by atoms with Crippen LogP contribution in [0.5, 0.6) is 0 Å². The molecule has 0 aliphatic carbocycles. The number of Topliss-reactive ketones (excluding diaryl/α,β-unsaturated/α-hetero) is 1. The van der Waals surface area contributed by atoms with Crippen molar-refractivity contribution in [1.29, 1.82) is 0 Å². The van der Waals surface area contributed by atoms with Crippen molar-refractivity contribution in [1.82, 2.24) is 19.5 Å². The number of amides is 1. The Kier molecular flexibility index (Phi) is 4.94. The molecule has 0 saturated carbocycles. The first-order valence-electron chi connectivity index (χ1n) is 8.19. The van der Waals surface area contributed by atoms with E-state index in [1.165, 1.54) is 11.5 Å². The van der Waals surface area contributed by atoms with Crippen molar-refractivity contribution in [2.75, 3.05) is 0 Å². The summed E-state index contributed by atoms with van der Waals surface area (Å²) in [4.78, 5) is 25.6. The second-order valence-corrected chi connectivity index (χ2v) is 6.79. The fraction of sp³-hybridized carbons (Fsp3) is 0.333. The van der Waals surface area contributed by atoms with Crippen LogP contribution >= 0.6 is 11.5 Å². The van der Waals surface area contributed by atoms with E-state index in [0.29, 0.717) is 18.5 Å². The molecule has 6 nitrogen and oxygen atoms in total. The van der Waals surface area contributed by atoms with Gasteiger partial charge in [-0.15, -0.1) is 5.10 Å². The number of ketones is 1. The average molecular weight is 356 g/mol. The van der Waals surface area contributed by atoms with E-state index >= 15 is 0 Å². The van der Waals surface area contributed by atoms with E-state index < -0.39 is 0 Å². The number of benzene rings is 1. The van der Waals surface area contributed by atoms with Crippen LogP contribution in [0.25, 0.3) is 10.9 Å². The van der Waals surface area contributed by atoms with E-state index in [0.717, 1.165) is 21.5 Å². The minimum atomic E-state index is -0.376. The molecule has 0 bridgehead atoms. The van der Waals surface area contributed by atoms with Crippen molar-refractivity contribution in [3.63, 3.8) is 0 Å². The Bertz CT molecular complexity index is 928. The maximum Gasteiger partial charge on any atom is 0.243 e. The molecule has 0 unspecified atom stereocenters. The second kappa shape index (κ2) is 7.14. The van der Waals surface area contributed by atoms with Gasteiger partial charge in [-0.3, -0.25) is 9.59 Å². The van der Waals surface area contributed by atoms with E-state index in [9.17, 15) is 9.59 Å². The predicted octanol–water partition coefficient (Wildman–Crippen LogP) is 3.27. The highest BCUT2D eigenvalue weighted by Gasteiger charge is 2.22. The third-order valence-corrected chi connectivity index (χ3v) is 5.14. The number of rotatable bonds is 6. The van der Waals surface area contributed by atoms with Crippen LogP contribution in [-0.2, 0) is 11.3 Å². The molecule has 3 aromatic rings. The summed E-state index contributed by atoms with van der Waals surface area (Å²) in [6.45, 7) is 5.80. The molecule has 0 spiro atoms. The number of aromatic nitrogens is 3. The molecular formula is C18H20N4O2S. The number of carbonyl (C=O) groups is 2. The second-order valence-electron chi connectivity index (χ2n) is 5.95. The van der Waals surface area contributed by atoms with Crippen molar-refractivity contribution >= 4 is 34.1 Å². The third kappa shape index (κ3) is 3.32. The summed E-state index contributed by atoms with van der Waals surface area (Å²) in [5.41, 5.74) is 2.37. The van der Waals surface area contributed by atoms with E-state index in [1.54, 1.807) is 13.1 Å². The fourth-order valence-electron chi connectivity index (χ4n) is 2.95. The number of para-hydroxylation sites is 1. The van der Waals surface area contributed by atoms with Gasteiger partial charge in [0.25, 0.3) is 0 Å². The molecule has 1 atom stereocenters. The zero-order chi connectivity index (χ0) is 18.0. The molecule has 25 heavy (non-hydrogen) atoms. The number of nitrogens with one attached hydrogen (secondary N) is 1. The summed E-state index contributed by atoms with van der Waals surface area (Å²) in [7, 11) is 0. The van der Waals surface area contributed by atoms with Crippen molar-refractivity contribution in [2.45, 2.75) is 39.8 Å². The fourth-order valence-corrected chi connectivity index (χ4v) is 3.52. The normalized spacial score (nSPS) is 12.3. The Balaban J connectivity index is 1.90. The van der Waals surface area contributed by atoms with E-state index in [2.05, 4.69) is 14.9 Å². The molecule has 7 heteroatoms. The van der Waals surface area contributed by atoms with Crippen LogP contribution in [0.3, 0.4) is 0 Å². The van der Waals surface area contributed by atoms with Gasteiger partial charge in [-0.1, -0.05) is 29.6 Å². The number of aryl methyl sites for hydroxylation is 1. The molecule has 0 fully saturated rings. The first-order chi connectivity index (χ1) is 12.0. The summed E-state index contributed by atoms with van der Waals surface area (Å²) in [6, 6.07) is 7.30. The van der Waals surface area contributed by atoms with Gasteiger partial charge in [0, 0.05) is 22.7 Å². The zero-order valence-electron chi connectivity index (χ0n) is 14.4. The Morgan fingerprint density at radius 2 is 2.08 bits per heavy atom. The zero-order valence-corrected chi connectivity index (χ0v) is 15.3. The maximum absolute atomic E-state index is 12.8. The predicted molar refractivity (Wildman–Crippen MR) is 97.8 cm³/mol. The van der Waals surface area contributed by atoms with Gasteiger partial charge in [0.2, 0.25) is 5.91 Å². The molecule has 1 N–H and O–H groups in total. The minimum absolute atomic E-state index is 0.00318. The highest BCUT2D eigenvalue weighted by Crippen LogP contribution is 2.27. The van der Waals surface area contributed by atoms with Crippen LogP contribution < -0.4 is 5.32 Å². The first kappa shape index (κ1) is 17.3. The molecule has 130 valence electrons. The lowest BCUT2D eigenvalue weighted by molar-refractivity contribution is -0.124. The molecule has 0 saturated heterocycles. The molecule has 2 heterocycles. The largest absolute Gasteiger partial charge is 0.349 e. The van der Waals surface area contributed by atoms with Crippen LogP contribution in [-0.4, -0.2) is 25.8 Å². The lowest BCUT2D eigenvalue weighted by Crippen LogP contribution is -2.31. The molecular weight excluding hydrogens is 336 g/mol. The van der Waals surface area contributed by atoms with Crippen molar-refractivity contribution < 1.29 is 9.59 Å². The molecule has 1 amide bonds. The van der Waals surface area contributed by atoms with Gasteiger partial charge in [0.1, 0.15) is 6.04 Å². The van der Waals surface area contributed by atoms with Gasteiger partial charge in [0.05, 0.1) is 17.1 Å². The SMILES string of the molecule is CC[C@@H](C(=O)NCc1snnc1C)n1cc(C(C)=O)c2ccccc21. The van der Waals surface area contributed by atoms with Crippen LogP contribution in [0.4, 0.5) is 0 Å². The minimum Gasteiger partial charge on any atom is -0.349 e. The Hall–Kier alpha value is -2.54. The summed E-state index contributed by atoms with van der Waals surface area (Å²) in [5, 5.41) is 7.80. The van der Waals surface area contributed by atoms with E-state index in [-0.39, 0.29) is 17.7 Å². The van der Waals surface area contributed by atoms with Crippen molar-refractivity contribution in [2.24, 2.45) is 0 Å². The number of hydrogen-bond donors (Lipinski definition) is 1. The Morgan fingerprint density at radius 1 is 1.32 bits per heavy atom. The van der Waals surface area contributed by atoms with Crippen molar-refractivity contribution in [3.8, 4) is 0 Å². The van der Waals surface area contributed by atoms with Crippen molar-refractivity contribution in [3.05, 3.63) is 46.6 Å². The molecule has 1 aromatic carbocycles. The standard InChI is InChI=1S/C18H20N4O2S/c1-4-15(18(24)19-9-17-11(2)20-21-25-17)22-10-14(12(3)23)13-7-5-6-8-16(13)22/h5-8,10,15H,4,9H2,1-3H3,(H,19,24)/t15-/m0/s1. The summed E-state index contributed by atoms with van der Waals surface area (Å²) < 4.78 is 5.79. The van der Waals surface area contributed by atoms with Gasteiger partial charge >= 0.3 is 0 Å². The number of nitrogens with zero attached hydrogens (tertiary/aromatic N) is 3. The Labute approximate surface area is 150 Å². The highest BCUT2D eigenvalue weighted by molar-refractivity contribution is 7.05. The summed E-state index contributed by atoms with van der Waals surface area (Å²) in [6.07, 6.45) is 2.42. The van der Waals surface area contributed by atoms with E-state index in [4.69, 9.17) is 0 Å². The summed E-state index contributed by atoms with van der Waals surface area (Å²) >= 11 is 1.29. The first-order valence-corrected chi connectivity index (χ1v) is 8.96. The van der Waals surface area contributed by atoms with Gasteiger partial charge in [-0.2, -0.15) is 0 Å². The van der Waals surface area contributed by atoms with Gasteiger partial charge in [0.15, 0.2) is 5.78 Å². The summed E-state index contributed by atoms with van der Waals surface area (Å²) in [5.74, 6) is -0.0808. The van der Waals surface area contributed by atoms with Crippen LogP contribution in [0.2, 0.25) is 0 Å². The number of carbonyl (C=O) groups excluding carboxylic acids is 2. The third-order valence-electron chi connectivity index (χ3n) is 4.31. The van der Waals surface area contributed by atoms with Gasteiger partial charge in [-0.05, 0) is 37.9 Å². The topological polar surface area (TPSA) is 76.9 Å². The van der Waals surface area contributed by atoms with E-state index in [1.807, 2.05) is 42.7 Å². The maximum atomic E-state index is 12.8. The molecule has 0 radical (unpaired) electrons.